The second-order valence-corrected chi connectivity index (χ2v) is 8.41. The van der Waals surface area contributed by atoms with Gasteiger partial charge in [0.1, 0.15) is 0 Å². The smallest absolute Gasteiger partial charge is 0.306 e. The van der Waals surface area contributed by atoms with Gasteiger partial charge in [-0.05, 0) is 59.8 Å². The van der Waals surface area contributed by atoms with Gasteiger partial charge in [0.25, 0.3) is 0 Å². The largest absolute Gasteiger partial charge is 0.319 e. The molecule has 4 heteroatoms. The molecule has 0 saturated carbocycles. The summed E-state index contributed by atoms with van der Waals surface area (Å²) in [5.74, 6) is 1.21. The lowest BCUT2D eigenvalue weighted by Gasteiger charge is -2.14. The Balaban J connectivity index is 1.78. The van der Waals surface area contributed by atoms with E-state index in [0.717, 1.165) is 36.8 Å². The maximum atomic E-state index is 12.1. The number of hydrogen-bond donors (Lipinski definition) is 0. The Morgan fingerprint density at radius 2 is 0.964 bits per heavy atom. The Morgan fingerprint density at radius 1 is 0.643 bits per heavy atom. The van der Waals surface area contributed by atoms with Crippen LogP contribution < -0.4 is 0 Å². The molecule has 0 atom stereocenters. The van der Waals surface area contributed by atoms with Gasteiger partial charge < -0.3 is 9.05 Å². The molecule has 3 nitrogen and oxygen atoms in total. The lowest BCUT2D eigenvalue weighted by Crippen LogP contribution is -1.97. The first kappa shape index (κ1) is 22.9. The van der Waals surface area contributed by atoms with E-state index in [2.05, 4.69) is 76.2 Å². The van der Waals surface area contributed by atoms with E-state index in [0.29, 0.717) is 25.0 Å². The molecule has 2 rings (SSSR count). The molecule has 154 valence electrons. The summed E-state index contributed by atoms with van der Waals surface area (Å²) in [6, 6.07) is 16.8. The molecular formula is C24H35O3P. The standard InChI is InChI=1S/C24H35O3P/c1-5-21(6-2)23-13-9-19(10-14-23)17-26-28(25)27-18-20-11-15-24(16-12-20)22(7-3)8-4/h9-16,21-22,28H,5-8,17-18H2,1-4H3. The molecule has 0 aromatic heterocycles. The van der Waals surface area contributed by atoms with Crippen LogP contribution in [0.25, 0.3) is 0 Å². The third-order valence-corrected chi connectivity index (χ3v) is 6.35. The number of rotatable bonds is 12. The Labute approximate surface area is 171 Å². The van der Waals surface area contributed by atoms with Crippen molar-refractivity contribution in [2.75, 3.05) is 0 Å². The van der Waals surface area contributed by atoms with Crippen LogP contribution in [0.2, 0.25) is 0 Å². The summed E-state index contributed by atoms with van der Waals surface area (Å²) in [5.41, 5.74) is 4.75. The normalized spacial score (nSPS) is 11.7. The summed E-state index contributed by atoms with van der Waals surface area (Å²) in [4.78, 5) is 0. The summed E-state index contributed by atoms with van der Waals surface area (Å²) < 4.78 is 22.9. The van der Waals surface area contributed by atoms with Crippen molar-refractivity contribution in [3.8, 4) is 0 Å². The van der Waals surface area contributed by atoms with Gasteiger partial charge in [0, 0.05) is 0 Å². The molecule has 0 fully saturated rings. The molecule has 0 bridgehead atoms. The first-order valence-electron chi connectivity index (χ1n) is 10.6. The van der Waals surface area contributed by atoms with E-state index >= 15 is 0 Å². The molecule has 2 aromatic rings. The molecule has 0 saturated heterocycles. The summed E-state index contributed by atoms with van der Waals surface area (Å²) in [6.45, 7) is 9.49. The number of hydrogen-bond acceptors (Lipinski definition) is 3. The minimum absolute atomic E-state index is 0.314. The highest BCUT2D eigenvalue weighted by Crippen LogP contribution is 2.29. The third-order valence-electron chi connectivity index (χ3n) is 5.59. The monoisotopic (exact) mass is 402 g/mol. The van der Waals surface area contributed by atoms with Crippen molar-refractivity contribution in [2.45, 2.75) is 78.4 Å². The second-order valence-electron chi connectivity index (χ2n) is 7.34. The zero-order valence-electron chi connectivity index (χ0n) is 17.7. The minimum Gasteiger partial charge on any atom is -0.306 e. The van der Waals surface area contributed by atoms with Crippen molar-refractivity contribution in [1.82, 2.24) is 0 Å². The van der Waals surface area contributed by atoms with Crippen LogP contribution in [0.1, 0.15) is 87.5 Å². The van der Waals surface area contributed by atoms with Gasteiger partial charge in [-0.15, -0.1) is 0 Å². The average Bonchev–Trinajstić information content (AvgIpc) is 2.74. The topological polar surface area (TPSA) is 35.5 Å². The Morgan fingerprint density at radius 3 is 1.25 bits per heavy atom. The zero-order chi connectivity index (χ0) is 20.4. The summed E-state index contributed by atoms with van der Waals surface area (Å²) in [6.07, 6.45) is 4.58. The molecule has 0 aliphatic rings. The quantitative estimate of drug-likeness (QED) is 0.343. The van der Waals surface area contributed by atoms with Crippen LogP contribution in [0, 0.1) is 0 Å². The van der Waals surface area contributed by atoms with Crippen molar-refractivity contribution in [2.24, 2.45) is 0 Å². The van der Waals surface area contributed by atoms with Crippen molar-refractivity contribution < 1.29 is 13.6 Å². The van der Waals surface area contributed by atoms with Crippen LogP contribution in [-0.4, -0.2) is 0 Å². The second kappa shape index (κ2) is 12.2. The highest BCUT2D eigenvalue weighted by molar-refractivity contribution is 7.33. The predicted octanol–water partition coefficient (Wildman–Crippen LogP) is 7.62. The third kappa shape index (κ3) is 6.88. The molecule has 0 heterocycles. The number of benzene rings is 2. The van der Waals surface area contributed by atoms with Crippen LogP contribution in [0.3, 0.4) is 0 Å². The van der Waals surface area contributed by atoms with E-state index in [1.165, 1.54) is 11.1 Å². The van der Waals surface area contributed by atoms with E-state index in [-0.39, 0.29) is 0 Å². The molecule has 0 aliphatic heterocycles. The fourth-order valence-corrected chi connectivity index (χ4v) is 4.27. The van der Waals surface area contributed by atoms with Crippen LogP contribution in [0.15, 0.2) is 48.5 Å². The summed E-state index contributed by atoms with van der Waals surface area (Å²) in [5, 5.41) is 0. The molecule has 0 amide bonds. The molecule has 0 unspecified atom stereocenters. The molecule has 2 aromatic carbocycles. The van der Waals surface area contributed by atoms with E-state index in [4.69, 9.17) is 9.05 Å². The zero-order valence-corrected chi connectivity index (χ0v) is 18.7. The SMILES string of the molecule is CCC(CC)c1ccc(CO[PH](=O)OCc2ccc(C(CC)CC)cc2)cc1. The molecular weight excluding hydrogens is 367 g/mol. The maximum Gasteiger partial charge on any atom is 0.319 e. The Hall–Kier alpha value is -1.41. The first-order valence-corrected chi connectivity index (χ1v) is 11.8. The van der Waals surface area contributed by atoms with Gasteiger partial charge in [-0.3, -0.25) is 4.57 Å². The van der Waals surface area contributed by atoms with Gasteiger partial charge >= 0.3 is 8.25 Å². The van der Waals surface area contributed by atoms with Gasteiger partial charge in [0.15, 0.2) is 0 Å². The highest BCUT2D eigenvalue weighted by atomic mass is 31.1. The predicted molar refractivity (Wildman–Crippen MR) is 118 cm³/mol. The highest BCUT2D eigenvalue weighted by Gasteiger charge is 2.08. The maximum absolute atomic E-state index is 12.1. The fraction of sp³-hybridized carbons (Fsp3) is 0.500. The van der Waals surface area contributed by atoms with E-state index < -0.39 is 8.25 Å². The van der Waals surface area contributed by atoms with Crippen molar-refractivity contribution in [3.63, 3.8) is 0 Å². The average molecular weight is 403 g/mol. The van der Waals surface area contributed by atoms with Gasteiger partial charge in [-0.25, -0.2) is 0 Å². The summed E-state index contributed by atoms with van der Waals surface area (Å²) in [7, 11) is -2.51. The van der Waals surface area contributed by atoms with Crippen molar-refractivity contribution >= 4 is 8.25 Å². The van der Waals surface area contributed by atoms with Crippen LogP contribution >= 0.6 is 8.25 Å². The summed E-state index contributed by atoms with van der Waals surface area (Å²) >= 11 is 0. The van der Waals surface area contributed by atoms with Crippen LogP contribution in [0.5, 0.6) is 0 Å². The van der Waals surface area contributed by atoms with Crippen molar-refractivity contribution in [3.05, 3.63) is 70.8 Å². The fourth-order valence-electron chi connectivity index (χ4n) is 3.62. The lowest BCUT2D eigenvalue weighted by atomic mass is 9.93. The Kier molecular flexibility index (Phi) is 9.98. The van der Waals surface area contributed by atoms with Crippen molar-refractivity contribution in [1.29, 1.82) is 0 Å². The minimum atomic E-state index is -2.51. The molecule has 0 spiro atoms. The van der Waals surface area contributed by atoms with E-state index in [1.807, 2.05) is 0 Å². The van der Waals surface area contributed by atoms with Gasteiger partial charge in [-0.2, -0.15) is 0 Å². The molecule has 28 heavy (non-hydrogen) atoms. The van der Waals surface area contributed by atoms with Gasteiger partial charge in [0.05, 0.1) is 13.2 Å². The molecule has 0 aliphatic carbocycles. The van der Waals surface area contributed by atoms with E-state index in [1.54, 1.807) is 0 Å². The lowest BCUT2D eigenvalue weighted by molar-refractivity contribution is 0.213. The molecule has 0 radical (unpaired) electrons. The van der Waals surface area contributed by atoms with Gasteiger partial charge in [0.2, 0.25) is 0 Å². The van der Waals surface area contributed by atoms with Crippen LogP contribution in [0.4, 0.5) is 0 Å². The van der Waals surface area contributed by atoms with E-state index in [9.17, 15) is 4.57 Å². The molecule has 0 N–H and O–H groups in total. The first-order chi connectivity index (χ1) is 13.6. The van der Waals surface area contributed by atoms with Crippen LogP contribution in [-0.2, 0) is 26.8 Å². The Bertz CT molecular complexity index is 640. The van der Waals surface area contributed by atoms with Gasteiger partial charge in [-0.1, -0.05) is 76.2 Å².